The van der Waals surface area contributed by atoms with E-state index in [2.05, 4.69) is 6.92 Å². The molecule has 1 aromatic carbocycles. The van der Waals surface area contributed by atoms with E-state index in [1.807, 2.05) is 24.3 Å². The number of hydrogen-bond donors (Lipinski definition) is 0. The zero-order valence-corrected chi connectivity index (χ0v) is 10.9. The molecule has 0 fully saturated rings. The Kier molecular flexibility index (Phi) is 6.38. The topological polar surface area (TPSA) is 26.3 Å². The van der Waals surface area contributed by atoms with Gasteiger partial charge in [-0.25, -0.2) is 0 Å². The summed E-state index contributed by atoms with van der Waals surface area (Å²) >= 11 is 0. The number of hydrogen-bond acceptors (Lipinski definition) is 2. The Bertz CT molecular complexity index is 327. The van der Waals surface area contributed by atoms with Gasteiger partial charge in [0.25, 0.3) is 0 Å². The van der Waals surface area contributed by atoms with E-state index in [1.54, 1.807) is 7.11 Å². The van der Waals surface area contributed by atoms with Crippen molar-refractivity contribution in [2.75, 3.05) is 7.11 Å². The number of unbranched alkanes of at least 4 members (excludes halogenated alkanes) is 4. The third-order valence-electron chi connectivity index (χ3n) is 2.92. The average molecular weight is 234 g/mol. The predicted octanol–water partition coefficient (Wildman–Crippen LogP) is 4.24. The highest BCUT2D eigenvalue weighted by Gasteiger charge is 2.05. The summed E-state index contributed by atoms with van der Waals surface area (Å²) in [6.45, 7) is 2.20. The second kappa shape index (κ2) is 7.88. The van der Waals surface area contributed by atoms with Gasteiger partial charge in [0.2, 0.25) is 0 Å². The quantitative estimate of drug-likeness (QED) is 0.497. The molecule has 0 N–H and O–H groups in total. The molecular formula is C15H22O2. The van der Waals surface area contributed by atoms with E-state index in [0.29, 0.717) is 6.42 Å². The Labute approximate surface area is 104 Å². The minimum atomic E-state index is 0.240. The van der Waals surface area contributed by atoms with Crippen LogP contribution in [0.3, 0.4) is 0 Å². The van der Waals surface area contributed by atoms with E-state index in [0.717, 1.165) is 24.2 Å². The first kappa shape index (κ1) is 13.8. The van der Waals surface area contributed by atoms with Crippen LogP contribution in [0.25, 0.3) is 0 Å². The smallest absolute Gasteiger partial charge is 0.162 e. The van der Waals surface area contributed by atoms with Gasteiger partial charge in [-0.1, -0.05) is 32.6 Å². The minimum Gasteiger partial charge on any atom is -0.497 e. The maximum absolute atomic E-state index is 11.8. The molecule has 0 heterocycles. The van der Waals surface area contributed by atoms with Crippen LogP contribution in [0.5, 0.6) is 5.75 Å². The summed E-state index contributed by atoms with van der Waals surface area (Å²) in [7, 11) is 1.63. The minimum absolute atomic E-state index is 0.240. The van der Waals surface area contributed by atoms with Crippen LogP contribution in [0.15, 0.2) is 24.3 Å². The molecule has 0 bridgehead atoms. The molecule has 17 heavy (non-hydrogen) atoms. The lowest BCUT2D eigenvalue weighted by molar-refractivity contribution is 0.0979. The zero-order valence-electron chi connectivity index (χ0n) is 10.9. The molecule has 0 unspecified atom stereocenters. The van der Waals surface area contributed by atoms with Gasteiger partial charge in [-0.05, 0) is 30.7 Å². The van der Waals surface area contributed by atoms with Crippen molar-refractivity contribution in [3.8, 4) is 5.75 Å². The number of rotatable bonds is 8. The summed E-state index contributed by atoms with van der Waals surface area (Å²) in [5.74, 6) is 1.04. The van der Waals surface area contributed by atoms with Crippen molar-refractivity contribution < 1.29 is 9.53 Å². The number of carbonyl (C=O) groups is 1. The van der Waals surface area contributed by atoms with Crippen LogP contribution in [0.4, 0.5) is 0 Å². The summed E-state index contributed by atoms with van der Waals surface area (Å²) in [4.78, 5) is 11.8. The van der Waals surface area contributed by atoms with Gasteiger partial charge in [0.1, 0.15) is 5.75 Å². The number of ether oxygens (including phenoxy) is 1. The molecule has 0 saturated carbocycles. The maximum atomic E-state index is 11.8. The van der Waals surface area contributed by atoms with E-state index in [9.17, 15) is 4.79 Å². The van der Waals surface area contributed by atoms with Crippen LogP contribution in [-0.2, 0) is 0 Å². The molecule has 94 valence electrons. The van der Waals surface area contributed by atoms with Gasteiger partial charge >= 0.3 is 0 Å². The molecule has 2 nitrogen and oxygen atoms in total. The fraction of sp³-hybridized carbons (Fsp3) is 0.533. The van der Waals surface area contributed by atoms with Crippen molar-refractivity contribution in [2.24, 2.45) is 0 Å². The van der Waals surface area contributed by atoms with Gasteiger partial charge in [-0.3, -0.25) is 4.79 Å². The summed E-state index contributed by atoms with van der Waals surface area (Å²) in [6.07, 6.45) is 6.59. The first-order valence-electron chi connectivity index (χ1n) is 6.45. The van der Waals surface area contributed by atoms with Gasteiger partial charge < -0.3 is 4.74 Å². The molecule has 1 aromatic rings. The van der Waals surface area contributed by atoms with Crippen molar-refractivity contribution in [1.29, 1.82) is 0 Å². The van der Waals surface area contributed by atoms with E-state index >= 15 is 0 Å². The zero-order chi connectivity index (χ0) is 12.5. The molecule has 1 rings (SSSR count). The molecule has 0 saturated heterocycles. The van der Waals surface area contributed by atoms with Gasteiger partial charge in [0, 0.05) is 12.0 Å². The van der Waals surface area contributed by atoms with Crippen LogP contribution < -0.4 is 4.74 Å². The van der Waals surface area contributed by atoms with Gasteiger partial charge in [0.05, 0.1) is 7.11 Å². The molecule has 0 spiro atoms. The molecule has 0 amide bonds. The molecule has 0 aliphatic rings. The van der Waals surface area contributed by atoms with Crippen LogP contribution in [0.2, 0.25) is 0 Å². The van der Waals surface area contributed by atoms with E-state index in [-0.39, 0.29) is 5.78 Å². The standard InChI is InChI=1S/C15H22O2/c1-3-4-5-6-7-8-15(16)13-9-11-14(17-2)12-10-13/h9-12H,3-8H2,1-2H3. The Morgan fingerprint density at radius 3 is 2.29 bits per heavy atom. The van der Waals surface area contributed by atoms with Crippen LogP contribution in [-0.4, -0.2) is 12.9 Å². The lowest BCUT2D eigenvalue weighted by Crippen LogP contribution is -1.98. The number of Topliss-reactive ketones (excluding diaryl/α,β-unsaturated/α-hetero) is 1. The fourth-order valence-electron chi connectivity index (χ4n) is 1.81. The molecular weight excluding hydrogens is 212 g/mol. The van der Waals surface area contributed by atoms with Crippen molar-refractivity contribution in [1.82, 2.24) is 0 Å². The number of benzene rings is 1. The predicted molar refractivity (Wildman–Crippen MR) is 70.7 cm³/mol. The summed E-state index contributed by atoms with van der Waals surface area (Å²) in [5.41, 5.74) is 0.793. The van der Waals surface area contributed by atoms with E-state index < -0.39 is 0 Å². The monoisotopic (exact) mass is 234 g/mol. The van der Waals surface area contributed by atoms with E-state index in [1.165, 1.54) is 19.3 Å². The van der Waals surface area contributed by atoms with Crippen LogP contribution in [0, 0.1) is 0 Å². The third kappa shape index (κ3) is 5.03. The second-order valence-electron chi connectivity index (χ2n) is 4.32. The van der Waals surface area contributed by atoms with E-state index in [4.69, 9.17) is 4.74 Å². The normalized spacial score (nSPS) is 10.2. The Morgan fingerprint density at radius 2 is 1.71 bits per heavy atom. The molecule has 0 aliphatic carbocycles. The van der Waals surface area contributed by atoms with Crippen molar-refractivity contribution in [3.63, 3.8) is 0 Å². The SMILES string of the molecule is CCCCCCCC(=O)c1ccc(OC)cc1. The largest absolute Gasteiger partial charge is 0.497 e. The lowest BCUT2D eigenvalue weighted by Gasteiger charge is -2.03. The fourth-order valence-corrected chi connectivity index (χ4v) is 1.81. The van der Waals surface area contributed by atoms with Crippen molar-refractivity contribution in [3.05, 3.63) is 29.8 Å². The highest BCUT2D eigenvalue weighted by atomic mass is 16.5. The summed E-state index contributed by atoms with van der Waals surface area (Å²) in [5, 5.41) is 0. The molecule has 0 atom stereocenters. The average Bonchev–Trinajstić information content (AvgIpc) is 2.38. The Hall–Kier alpha value is -1.31. The van der Waals surface area contributed by atoms with Crippen molar-refractivity contribution >= 4 is 5.78 Å². The highest BCUT2D eigenvalue weighted by Crippen LogP contribution is 2.14. The Balaban J connectivity index is 2.31. The maximum Gasteiger partial charge on any atom is 0.162 e. The number of carbonyl (C=O) groups excluding carboxylic acids is 1. The van der Waals surface area contributed by atoms with Crippen LogP contribution in [0.1, 0.15) is 55.8 Å². The third-order valence-corrected chi connectivity index (χ3v) is 2.92. The van der Waals surface area contributed by atoms with Gasteiger partial charge in [-0.2, -0.15) is 0 Å². The molecule has 0 aromatic heterocycles. The first-order valence-corrected chi connectivity index (χ1v) is 6.45. The number of methoxy groups -OCH3 is 1. The lowest BCUT2D eigenvalue weighted by atomic mass is 10.0. The number of ketones is 1. The summed E-state index contributed by atoms with van der Waals surface area (Å²) in [6, 6.07) is 7.36. The molecule has 0 radical (unpaired) electrons. The van der Waals surface area contributed by atoms with Crippen molar-refractivity contribution in [2.45, 2.75) is 45.4 Å². The van der Waals surface area contributed by atoms with Gasteiger partial charge in [-0.15, -0.1) is 0 Å². The Morgan fingerprint density at radius 1 is 1.06 bits per heavy atom. The highest BCUT2D eigenvalue weighted by molar-refractivity contribution is 5.96. The summed E-state index contributed by atoms with van der Waals surface area (Å²) < 4.78 is 5.06. The second-order valence-corrected chi connectivity index (χ2v) is 4.32. The first-order chi connectivity index (χ1) is 8.27. The molecule has 2 heteroatoms. The van der Waals surface area contributed by atoms with Gasteiger partial charge in [0.15, 0.2) is 5.78 Å². The van der Waals surface area contributed by atoms with Crippen LogP contribution >= 0.6 is 0 Å². The molecule has 0 aliphatic heterocycles.